The Hall–Kier alpha value is -1.38. The van der Waals surface area contributed by atoms with Gasteiger partial charge >= 0.3 is 5.97 Å². The second-order valence-corrected chi connectivity index (χ2v) is 5.83. The van der Waals surface area contributed by atoms with Gasteiger partial charge in [-0.3, -0.25) is 4.79 Å². The summed E-state index contributed by atoms with van der Waals surface area (Å²) in [4.78, 5) is 23.8. The molecular formula is C15H18O3. The largest absolute Gasteiger partial charge is 0.454 e. The molecule has 0 spiro atoms. The third-order valence-corrected chi connectivity index (χ3v) is 4.65. The molecule has 96 valence electrons. The summed E-state index contributed by atoms with van der Waals surface area (Å²) in [6.07, 6.45) is 2.19. The van der Waals surface area contributed by atoms with Crippen molar-refractivity contribution in [1.82, 2.24) is 0 Å². The number of carbonyl (C=O) groups is 2. The predicted octanol–water partition coefficient (Wildman–Crippen LogP) is 2.42. The Labute approximate surface area is 107 Å². The molecule has 1 fully saturated rings. The second kappa shape index (κ2) is 3.81. The molecule has 18 heavy (non-hydrogen) atoms. The van der Waals surface area contributed by atoms with Gasteiger partial charge < -0.3 is 4.74 Å². The second-order valence-electron chi connectivity index (χ2n) is 5.83. The Morgan fingerprint density at radius 1 is 1.17 bits per heavy atom. The van der Waals surface area contributed by atoms with Gasteiger partial charge in [0.05, 0.1) is 0 Å². The zero-order chi connectivity index (χ0) is 13.0. The number of ether oxygens (including phenoxy) is 1. The van der Waals surface area contributed by atoms with Gasteiger partial charge in [-0.15, -0.1) is 0 Å². The lowest BCUT2D eigenvalue weighted by atomic mass is 9.86. The molecular weight excluding hydrogens is 228 g/mol. The molecule has 3 heteroatoms. The van der Waals surface area contributed by atoms with E-state index in [0.29, 0.717) is 12.0 Å². The highest BCUT2D eigenvalue weighted by atomic mass is 16.6. The van der Waals surface area contributed by atoms with Crippen molar-refractivity contribution in [2.24, 2.45) is 17.8 Å². The lowest BCUT2D eigenvalue weighted by Crippen LogP contribution is -2.21. The molecule has 1 saturated heterocycles. The molecule has 0 radical (unpaired) electrons. The van der Waals surface area contributed by atoms with Crippen LogP contribution in [0.25, 0.3) is 0 Å². The van der Waals surface area contributed by atoms with Crippen LogP contribution in [0, 0.1) is 17.8 Å². The number of Topliss-reactive ketones (excluding diaryl/α,β-unsaturated/α-hetero) is 1. The highest BCUT2D eigenvalue weighted by Gasteiger charge is 2.48. The number of esters is 1. The van der Waals surface area contributed by atoms with E-state index in [0.717, 1.165) is 24.0 Å². The summed E-state index contributed by atoms with van der Waals surface area (Å²) in [5.74, 6) is 0.548. The predicted molar refractivity (Wildman–Crippen MR) is 66.7 cm³/mol. The normalized spacial score (nSPS) is 39.6. The van der Waals surface area contributed by atoms with E-state index in [2.05, 4.69) is 20.4 Å². The van der Waals surface area contributed by atoms with Gasteiger partial charge in [-0.2, -0.15) is 0 Å². The highest BCUT2D eigenvalue weighted by molar-refractivity contribution is 6.00. The number of hydrogen-bond donors (Lipinski definition) is 0. The van der Waals surface area contributed by atoms with Crippen LogP contribution in [0.15, 0.2) is 23.3 Å². The van der Waals surface area contributed by atoms with Gasteiger partial charge in [0.15, 0.2) is 5.78 Å². The fraction of sp³-hybridized carbons (Fsp3) is 0.600. The third-order valence-electron chi connectivity index (χ3n) is 4.65. The average Bonchev–Trinajstić information content (AvgIpc) is 2.68. The third kappa shape index (κ3) is 1.43. The SMILES string of the molecule is C=C1C(=O)O[C@@H]2C3=C(C(=O)C[C@@H]3C)[C@@H](C)CC[C@@H]12. The van der Waals surface area contributed by atoms with Crippen LogP contribution < -0.4 is 0 Å². The first-order valence-electron chi connectivity index (χ1n) is 6.67. The molecule has 1 heterocycles. The van der Waals surface area contributed by atoms with Crippen molar-refractivity contribution in [3.05, 3.63) is 23.3 Å². The van der Waals surface area contributed by atoms with Crippen molar-refractivity contribution in [2.75, 3.05) is 0 Å². The van der Waals surface area contributed by atoms with Gasteiger partial charge in [0.25, 0.3) is 0 Å². The fourth-order valence-corrected chi connectivity index (χ4v) is 3.70. The summed E-state index contributed by atoms with van der Waals surface area (Å²) in [6.45, 7) is 8.03. The van der Waals surface area contributed by atoms with Crippen LogP contribution in [0.2, 0.25) is 0 Å². The van der Waals surface area contributed by atoms with Crippen LogP contribution in [0.5, 0.6) is 0 Å². The molecule has 3 nitrogen and oxygen atoms in total. The van der Waals surface area contributed by atoms with Gasteiger partial charge in [-0.1, -0.05) is 20.4 Å². The van der Waals surface area contributed by atoms with Crippen molar-refractivity contribution in [1.29, 1.82) is 0 Å². The molecule has 0 saturated carbocycles. The molecule has 0 aromatic carbocycles. The summed E-state index contributed by atoms with van der Waals surface area (Å²) in [5, 5.41) is 0. The molecule has 0 N–H and O–H groups in total. The molecule has 3 aliphatic rings. The molecule has 0 bridgehead atoms. The summed E-state index contributed by atoms with van der Waals surface area (Å²) in [5.41, 5.74) is 2.62. The fourth-order valence-electron chi connectivity index (χ4n) is 3.70. The van der Waals surface area contributed by atoms with Crippen molar-refractivity contribution < 1.29 is 14.3 Å². The van der Waals surface area contributed by atoms with E-state index < -0.39 is 0 Å². The number of hydrogen-bond acceptors (Lipinski definition) is 3. The number of ketones is 1. The summed E-state index contributed by atoms with van der Waals surface area (Å²) in [6, 6.07) is 0. The zero-order valence-corrected chi connectivity index (χ0v) is 10.9. The Balaban J connectivity index is 2.10. The minimum atomic E-state index is -0.280. The first kappa shape index (κ1) is 11.7. The van der Waals surface area contributed by atoms with E-state index >= 15 is 0 Å². The molecule has 0 aromatic heterocycles. The van der Waals surface area contributed by atoms with Crippen molar-refractivity contribution >= 4 is 11.8 Å². The number of allylic oxidation sites excluding steroid dienone is 1. The molecule has 4 atom stereocenters. The maximum absolute atomic E-state index is 12.1. The molecule has 0 amide bonds. The van der Waals surface area contributed by atoms with E-state index in [1.807, 2.05) is 0 Å². The first-order valence-corrected chi connectivity index (χ1v) is 6.67. The molecule has 0 unspecified atom stereocenters. The minimum Gasteiger partial charge on any atom is -0.454 e. The zero-order valence-electron chi connectivity index (χ0n) is 10.9. The van der Waals surface area contributed by atoms with Crippen LogP contribution in [0.1, 0.15) is 33.1 Å². The van der Waals surface area contributed by atoms with Crippen LogP contribution in [0.4, 0.5) is 0 Å². The summed E-state index contributed by atoms with van der Waals surface area (Å²) in [7, 11) is 0. The lowest BCUT2D eigenvalue weighted by molar-refractivity contribution is -0.138. The Kier molecular flexibility index (Phi) is 2.47. The van der Waals surface area contributed by atoms with Crippen molar-refractivity contribution in [3.8, 4) is 0 Å². The molecule has 3 rings (SSSR count). The summed E-state index contributed by atoms with van der Waals surface area (Å²) < 4.78 is 5.49. The van der Waals surface area contributed by atoms with E-state index in [1.165, 1.54) is 0 Å². The van der Waals surface area contributed by atoms with Gasteiger partial charge in [0.2, 0.25) is 0 Å². The highest BCUT2D eigenvalue weighted by Crippen LogP contribution is 2.47. The van der Waals surface area contributed by atoms with Crippen LogP contribution in [-0.4, -0.2) is 17.9 Å². The minimum absolute atomic E-state index is 0.0841. The van der Waals surface area contributed by atoms with Gasteiger partial charge in [0.1, 0.15) is 6.10 Å². The monoisotopic (exact) mass is 246 g/mol. The van der Waals surface area contributed by atoms with Crippen LogP contribution in [-0.2, 0) is 14.3 Å². The molecule has 0 aromatic rings. The Morgan fingerprint density at radius 2 is 1.89 bits per heavy atom. The van der Waals surface area contributed by atoms with E-state index in [1.54, 1.807) is 0 Å². The van der Waals surface area contributed by atoms with Crippen LogP contribution in [0.3, 0.4) is 0 Å². The lowest BCUT2D eigenvalue weighted by Gasteiger charge is -2.20. The maximum Gasteiger partial charge on any atom is 0.334 e. The molecule has 2 aliphatic carbocycles. The van der Waals surface area contributed by atoms with E-state index in [9.17, 15) is 9.59 Å². The molecule has 1 aliphatic heterocycles. The van der Waals surface area contributed by atoms with Crippen molar-refractivity contribution in [3.63, 3.8) is 0 Å². The Morgan fingerprint density at radius 3 is 2.61 bits per heavy atom. The quantitative estimate of drug-likeness (QED) is 0.487. The number of rotatable bonds is 0. The van der Waals surface area contributed by atoms with Gasteiger partial charge in [-0.25, -0.2) is 4.79 Å². The van der Waals surface area contributed by atoms with E-state index in [-0.39, 0.29) is 35.6 Å². The van der Waals surface area contributed by atoms with Gasteiger partial charge in [-0.05, 0) is 30.3 Å². The first-order chi connectivity index (χ1) is 8.50. The van der Waals surface area contributed by atoms with Crippen molar-refractivity contribution in [2.45, 2.75) is 39.2 Å². The summed E-state index contributed by atoms with van der Waals surface area (Å²) >= 11 is 0. The average molecular weight is 246 g/mol. The Bertz CT molecular complexity index is 486. The number of carbonyl (C=O) groups excluding carboxylic acids is 2. The van der Waals surface area contributed by atoms with E-state index in [4.69, 9.17) is 4.74 Å². The van der Waals surface area contributed by atoms with Crippen LogP contribution >= 0.6 is 0 Å². The standard InChI is InChI=1S/C15H18O3/c1-7-4-5-10-9(3)15(17)18-14(10)13-8(2)6-11(16)12(7)13/h7-8,10,14H,3-6H2,1-2H3/t7-,8-,10-,14-/m0/s1. The maximum atomic E-state index is 12.1. The smallest absolute Gasteiger partial charge is 0.334 e. The topological polar surface area (TPSA) is 43.4 Å². The van der Waals surface area contributed by atoms with Gasteiger partial charge in [0, 0.05) is 23.5 Å². The number of fused-ring (bicyclic) bond motifs is 2.